The van der Waals surface area contributed by atoms with Gasteiger partial charge in [0.25, 0.3) is 5.91 Å². The van der Waals surface area contributed by atoms with Crippen LogP contribution in [0.5, 0.6) is 11.5 Å². The third kappa shape index (κ3) is 3.75. The summed E-state index contributed by atoms with van der Waals surface area (Å²) in [4.78, 5) is 23.6. The number of ether oxygens (including phenoxy) is 2. The average molecular weight is 430 g/mol. The number of nitrogens with zero attached hydrogens (tertiary/aromatic N) is 2. The molecule has 0 unspecified atom stereocenters. The van der Waals surface area contributed by atoms with E-state index < -0.39 is 0 Å². The van der Waals surface area contributed by atoms with Crippen LogP contribution >= 0.6 is 11.3 Å². The van der Waals surface area contributed by atoms with E-state index in [2.05, 4.69) is 15.3 Å². The molecule has 31 heavy (non-hydrogen) atoms. The van der Waals surface area contributed by atoms with Crippen LogP contribution in [0.15, 0.2) is 48.5 Å². The van der Waals surface area contributed by atoms with Crippen molar-refractivity contribution < 1.29 is 14.3 Å². The molecule has 4 aromatic rings. The van der Waals surface area contributed by atoms with Crippen molar-refractivity contribution in [3.8, 4) is 11.5 Å². The molecule has 0 atom stereocenters. The second-order valence-corrected chi connectivity index (χ2v) is 8.17. The number of amides is 1. The minimum atomic E-state index is -0.136. The molecular formula is C24H19N3O3S. The van der Waals surface area contributed by atoms with Crippen molar-refractivity contribution in [3.05, 3.63) is 76.1 Å². The maximum atomic E-state index is 12.8. The number of carbonyl (C=O) groups excluding carboxylic acids is 1. The maximum absolute atomic E-state index is 12.8. The van der Waals surface area contributed by atoms with E-state index in [9.17, 15) is 4.79 Å². The van der Waals surface area contributed by atoms with Crippen LogP contribution in [0, 0.1) is 13.8 Å². The molecule has 0 radical (unpaired) electrons. The number of para-hydroxylation sites is 1. The highest BCUT2D eigenvalue weighted by Gasteiger charge is 2.19. The Hall–Kier alpha value is -3.71. The summed E-state index contributed by atoms with van der Waals surface area (Å²) in [6.45, 7) is 4.14. The highest BCUT2D eigenvalue weighted by atomic mass is 32.1. The van der Waals surface area contributed by atoms with Gasteiger partial charge in [-0.05, 0) is 55.3 Å². The molecule has 0 saturated heterocycles. The number of hydrogen-bond acceptors (Lipinski definition) is 6. The molecular weight excluding hydrogens is 410 g/mol. The van der Waals surface area contributed by atoms with E-state index in [1.54, 1.807) is 0 Å². The third-order valence-electron chi connectivity index (χ3n) is 5.05. The van der Waals surface area contributed by atoms with Gasteiger partial charge in [-0.2, -0.15) is 0 Å². The number of hydrogen-bond donors (Lipinski definition) is 1. The minimum Gasteiger partial charge on any atom is -0.454 e. The van der Waals surface area contributed by atoms with E-state index in [1.807, 2.05) is 74.5 Å². The van der Waals surface area contributed by atoms with Crippen LogP contribution in [-0.4, -0.2) is 22.7 Å². The summed E-state index contributed by atoms with van der Waals surface area (Å²) in [5, 5.41) is 3.88. The van der Waals surface area contributed by atoms with E-state index in [0.717, 1.165) is 44.2 Å². The van der Waals surface area contributed by atoms with Crippen LogP contribution in [0.25, 0.3) is 22.4 Å². The summed E-state index contributed by atoms with van der Waals surface area (Å²) < 4.78 is 10.8. The number of anilines is 1. The largest absolute Gasteiger partial charge is 0.454 e. The number of fused-ring (bicyclic) bond motifs is 2. The van der Waals surface area contributed by atoms with Crippen LogP contribution in [0.1, 0.15) is 32.3 Å². The number of carbonyl (C=O) groups is 1. The summed E-state index contributed by atoms with van der Waals surface area (Å²) in [6, 6.07) is 15.2. The van der Waals surface area contributed by atoms with E-state index >= 15 is 0 Å². The molecule has 0 bridgehead atoms. The van der Waals surface area contributed by atoms with Gasteiger partial charge in [0.2, 0.25) is 6.79 Å². The summed E-state index contributed by atoms with van der Waals surface area (Å²) in [6.07, 6.45) is 3.80. The fourth-order valence-corrected chi connectivity index (χ4v) is 4.68. The van der Waals surface area contributed by atoms with Crippen molar-refractivity contribution in [2.75, 3.05) is 12.1 Å². The Morgan fingerprint density at radius 3 is 2.68 bits per heavy atom. The van der Waals surface area contributed by atoms with Gasteiger partial charge in [-0.1, -0.05) is 30.3 Å². The van der Waals surface area contributed by atoms with Gasteiger partial charge < -0.3 is 14.8 Å². The Labute approximate surface area is 183 Å². The number of nitrogens with one attached hydrogen (secondary N) is 1. The van der Waals surface area contributed by atoms with Crippen molar-refractivity contribution in [2.45, 2.75) is 13.8 Å². The Morgan fingerprint density at radius 2 is 1.84 bits per heavy atom. The van der Waals surface area contributed by atoms with E-state index in [4.69, 9.17) is 9.47 Å². The lowest BCUT2D eigenvalue weighted by Gasteiger charge is -2.04. The second kappa shape index (κ2) is 7.85. The SMILES string of the molecule is Cc1nc(C=Cc2ccc3c(c2)OCO3)nc2sc(C(=O)Nc3ccccc3)c(C)c12. The molecule has 7 heteroatoms. The second-order valence-electron chi connectivity index (χ2n) is 7.17. The molecule has 3 heterocycles. The average Bonchev–Trinajstić information content (AvgIpc) is 3.37. The Morgan fingerprint density at radius 1 is 1.03 bits per heavy atom. The first-order chi connectivity index (χ1) is 15.1. The van der Waals surface area contributed by atoms with E-state index in [-0.39, 0.29) is 12.7 Å². The van der Waals surface area contributed by atoms with Gasteiger partial charge >= 0.3 is 0 Å². The maximum Gasteiger partial charge on any atom is 0.266 e. The van der Waals surface area contributed by atoms with Crippen LogP contribution in [0.4, 0.5) is 5.69 Å². The molecule has 6 nitrogen and oxygen atoms in total. The lowest BCUT2D eigenvalue weighted by molar-refractivity contribution is 0.103. The lowest BCUT2D eigenvalue weighted by atomic mass is 10.1. The lowest BCUT2D eigenvalue weighted by Crippen LogP contribution is -2.11. The fourth-order valence-electron chi connectivity index (χ4n) is 3.55. The Bertz CT molecular complexity index is 1330. The predicted molar refractivity (Wildman–Crippen MR) is 123 cm³/mol. The normalized spacial score (nSPS) is 12.6. The molecule has 1 aliphatic rings. The van der Waals surface area contributed by atoms with Gasteiger partial charge in [0.05, 0.1) is 10.6 Å². The zero-order valence-electron chi connectivity index (χ0n) is 17.0. The van der Waals surface area contributed by atoms with Crippen LogP contribution in [0.3, 0.4) is 0 Å². The van der Waals surface area contributed by atoms with Crippen LogP contribution < -0.4 is 14.8 Å². The van der Waals surface area contributed by atoms with Gasteiger partial charge in [0.1, 0.15) is 4.83 Å². The fraction of sp³-hybridized carbons (Fsp3) is 0.125. The number of aryl methyl sites for hydroxylation is 2. The van der Waals surface area contributed by atoms with Gasteiger partial charge in [0.15, 0.2) is 17.3 Å². The first kappa shape index (κ1) is 19.3. The first-order valence-corrected chi connectivity index (χ1v) is 10.6. The summed E-state index contributed by atoms with van der Waals surface area (Å²) in [7, 11) is 0. The zero-order valence-corrected chi connectivity index (χ0v) is 17.8. The third-order valence-corrected chi connectivity index (χ3v) is 6.23. The number of aromatic nitrogens is 2. The number of rotatable bonds is 4. The molecule has 2 aromatic carbocycles. The molecule has 1 amide bonds. The van der Waals surface area contributed by atoms with Crippen molar-refractivity contribution in [1.29, 1.82) is 0 Å². The number of benzene rings is 2. The number of thiophene rings is 1. The topological polar surface area (TPSA) is 73.3 Å². The summed E-state index contributed by atoms with van der Waals surface area (Å²) >= 11 is 1.38. The minimum absolute atomic E-state index is 0.136. The van der Waals surface area contributed by atoms with E-state index in [0.29, 0.717) is 10.7 Å². The van der Waals surface area contributed by atoms with Crippen LogP contribution in [0.2, 0.25) is 0 Å². The van der Waals surface area contributed by atoms with Crippen molar-refractivity contribution in [3.63, 3.8) is 0 Å². The molecule has 0 saturated carbocycles. The molecule has 2 aromatic heterocycles. The molecule has 154 valence electrons. The van der Waals surface area contributed by atoms with Crippen molar-refractivity contribution >= 4 is 45.3 Å². The van der Waals surface area contributed by atoms with E-state index in [1.165, 1.54) is 11.3 Å². The predicted octanol–water partition coefficient (Wildman–Crippen LogP) is 5.46. The smallest absolute Gasteiger partial charge is 0.266 e. The van der Waals surface area contributed by atoms with Gasteiger partial charge in [-0.25, -0.2) is 9.97 Å². The van der Waals surface area contributed by atoms with Gasteiger partial charge in [-0.15, -0.1) is 11.3 Å². The van der Waals surface area contributed by atoms with Gasteiger partial charge in [-0.3, -0.25) is 4.79 Å². The van der Waals surface area contributed by atoms with Gasteiger partial charge in [0, 0.05) is 11.1 Å². The molecule has 0 fully saturated rings. The zero-order chi connectivity index (χ0) is 21.4. The van der Waals surface area contributed by atoms with Crippen molar-refractivity contribution in [2.24, 2.45) is 0 Å². The Kier molecular flexibility index (Phi) is 4.88. The highest BCUT2D eigenvalue weighted by molar-refractivity contribution is 7.20. The summed E-state index contributed by atoms with van der Waals surface area (Å²) in [5.74, 6) is 1.95. The first-order valence-electron chi connectivity index (χ1n) is 9.80. The quantitative estimate of drug-likeness (QED) is 0.466. The molecule has 0 spiro atoms. The standard InChI is InChI=1S/C24H19N3O3S/c1-14-21-15(2)25-20(11-9-16-8-10-18-19(12-16)30-13-29-18)27-24(21)31-22(14)23(28)26-17-6-4-3-5-7-17/h3-12H,13H2,1-2H3,(H,26,28). The Balaban J connectivity index is 1.44. The summed E-state index contributed by atoms with van der Waals surface area (Å²) in [5.41, 5.74) is 3.48. The molecule has 0 aliphatic carbocycles. The molecule has 5 rings (SSSR count). The van der Waals surface area contributed by atoms with Crippen molar-refractivity contribution in [1.82, 2.24) is 9.97 Å². The highest BCUT2D eigenvalue weighted by Crippen LogP contribution is 2.34. The molecule has 1 N–H and O–H groups in total. The van der Waals surface area contributed by atoms with Crippen LogP contribution in [-0.2, 0) is 0 Å². The monoisotopic (exact) mass is 429 g/mol. The molecule has 1 aliphatic heterocycles.